The monoisotopic (exact) mass is 429 g/mol. The predicted molar refractivity (Wildman–Crippen MR) is 95.1 cm³/mol. The third-order valence-electron chi connectivity index (χ3n) is 3.76. The minimum absolute atomic E-state index is 0.0786. The van der Waals surface area contributed by atoms with Crippen LogP contribution in [0.5, 0.6) is 17.4 Å². The first-order valence-electron chi connectivity index (χ1n) is 8.00. The number of benzene rings is 2. The van der Waals surface area contributed by atoms with Gasteiger partial charge in [-0.2, -0.15) is 13.2 Å². The number of sulfonamides is 1. The second-order valence-electron chi connectivity index (χ2n) is 5.80. The summed E-state index contributed by atoms with van der Waals surface area (Å²) in [6.07, 6.45) is -4.64. The van der Waals surface area contributed by atoms with Crippen molar-refractivity contribution in [1.82, 2.24) is 14.7 Å². The van der Waals surface area contributed by atoms with E-state index in [1.165, 1.54) is 30.3 Å². The lowest BCUT2D eigenvalue weighted by Crippen LogP contribution is -2.23. The van der Waals surface area contributed by atoms with Crippen molar-refractivity contribution in [3.8, 4) is 17.4 Å². The summed E-state index contributed by atoms with van der Waals surface area (Å²) in [6.45, 7) is -0.422. The van der Waals surface area contributed by atoms with E-state index in [0.29, 0.717) is 0 Å². The van der Waals surface area contributed by atoms with Gasteiger partial charge in [0.2, 0.25) is 15.9 Å². The van der Waals surface area contributed by atoms with Crippen molar-refractivity contribution < 1.29 is 31.4 Å². The van der Waals surface area contributed by atoms with Gasteiger partial charge in [-0.15, -0.1) is 0 Å². The molecule has 0 spiro atoms. The average Bonchev–Trinajstić information content (AvgIpc) is 2.97. The maximum absolute atomic E-state index is 13.1. The smallest absolute Gasteiger partial charge is 0.419 e. The van der Waals surface area contributed by atoms with E-state index in [9.17, 15) is 31.5 Å². The van der Waals surface area contributed by atoms with Crippen LogP contribution in [0.25, 0.3) is 0 Å². The molecular formula is C17H14F3N3O5S. The molecule has 0 bridgehead atoms. The predicted octanol–water partition coefficient (Wildman–Crippen LogP) is 2.70. The van der Waals surface area contributed by atoms with E-state index in [0.717, 1.165) is 18.2 Å². The molecule has 0 aliphatic carbocycles. The van der Waals surface area contributed by atoms with Gasteiger partial charge in [0.15, 0.2) is 0 Å². The highest BCUT2D eigenvalue weighted by Crippen LogP contribution is 2.38. The maximum Gasteiger partial charge on any atom is 0.419 e. The van der Waals surface area contributed by atoms with Gasteiger partial charge in [0.1, 0.15) is 11.5 Å². The fourth-order valence-corrected chi connectivity index (χ4v) is 3.44. The van der Waals surface area contributed by atoms with Gasteiger partial charge in [0.25, 0.3) is 0 Å². The normalized spacial score (nSPS) is 12.1. The van der Waals surface area contributed by atoms with E-state index < -0.39 is 45.6 Å². The van der Waals surface area contributed by atoms with Crippen molar-refractivity contribution in [3.05, 3.63) is 70.3 Å². The molecule has 8 nitrogen and oxygen atoms in total. The summed E-state index contributed by atoms with van der Waals surface area (Å²) in [4.78, 5) is 15.0. The van der Waals surface area contributed by atoms with Crippen LogP contribution in [0.15, 0.2) is 58.2 Å². The van der Waals surface area contributed by atoms with Crippen molar-refractivity contribution in [1.29, 1.82) is 0 Å². The van der Waals surface area contributed by atoms with E-state index in [1.807, 2.05) is 4.98 Å². The van der Waals surface area contributed by atoms with Crippen LogP contribution < -0.4 is 15.1 Å². The summed E-state index contributed by atoms with van der Waals surface area (Å²) in [6, 6.07) is 9.41. The third kappa shape index (κ3) is 4.78. The number of aromatic nitrogens is 2. The molecule has 154 valence electrons. The average molecular weight is 429 g/mol. The number of nitrogens with one attached hydrogen (secondary N) is 3. The van der Waals surface area contributed by atoms with E-state index in [2.05, 4.69) is 9.71 Å². The highest BCUT2D eigenvalue weighted by atomic mass is 32.2. The zero-order chi connectivity index (χ0) is 21.2. The van der Waals surface area contributed by atoms with Crippen molar-refractivity contribution in [2.24, 2.45) is 0 Å². The Kier molecular flexibility index (Phi) is 5.40. The first-order valence-corrected chi connectivity index (χ1v) is 9.48. The molecule has 0 radical (unpaired) electrons. The fourth-order valence-electron chi connectivity index (χ4n) is 2.41. The standard InChI is InChI=1S/C17H14F3N3O5S/c18-17(19,20)12-6-1-2-7-14(12)28-10-4-3-5-11(8-10)29(26,27)21-9-13-15(24)23-16(25)22-13/h1-8,21,24H,9H2,(H2,22,23,25). The van der Waals surface area contributed by atoms with Crippen molar-refractivity contribution >= 4 is 10.0 Å². The maximum atomic E-state index is 13.1. The minimum Gasteiger partial charge on any atom is -0.493 e. The molecule has 0 saturated heterocycles. The van der Waals surface area contributed by atoms with Crippen molar-refractivity contribution in [2.75, 3.05) is 0 Å². The Labute approximate surface area is 162 Å². The molecule has 12 heteroatoms. The van der Waals surface area contributed by atoms with E-state index in [1.54, 1.807) is 0 Å². The number of rotatable bonds is 6. The van der Waals surface area contributed by atoms with Crippen LogP contribution in [0.1, 0.15) is 11.3 Å². The summed E-state index contributed by atoms with van der Waals surface area (Å²) in [7, 11) is -4.12. The summed E-state index contributed by atoms with van der Waals surface area (Å²) >= 11 is 0. The molecule has 1 aromatic heterocycles. The van der Waals surface area contributed by atoms with Gasteiger partial charge >= 0.3 is 11.9 Å². The molecule has 0 atom stereocenters. The summed E-state index contributed by atoms with van der Waals surface area (Å²) in [5.74, 6) is -1.11. The van der Waals surface area contributed by atoms with Gasteiger partial charge in [-0.05, 0) is 24.3 Å². The SMILES string of the molecule is O=c1[nH]c(O)c(CNS(=O)(=O)c2cccc(Oc3ccccc3C(F)(F)F)c2)[nH]1. The molecule has 4 N–H and O–H groups in total. The Morgan fingerprint density at radius 2 is 1.79 bits per heavy atom. The highest BCUT2D eigenvalue weighted by molar-refractivity contribution is 7.89. The molecule has 0 fully saturated rings. The molecule has 3 rings (SSSR count). The van der Waals surface area contributed by atoms with Gasteiger partial charge in [0, 0.05) is 6.07 Å². The largest absolute Gasteiger partial charge is 0.493 e. The fraction of sp³-hybridized carbons (Fsp3) is 0.118. The molecule has 0 amide bonds. The zero-order valence-corrected chi connectivity index (χ0v) is 15.3. The number of ether oxygens (including phenoxy) is 1. The third-order valence-corrected chi connectivity index (χ3v) is 5.16. The van der Waals surface area contributed by atoms with Crippen LogP contribution in [0.3, 0.4) is 0 Å². The first-order chi connectivity index (χ1) is 13.6. The quantitative estimate of drug-likeness (QED) is 0.480. The number of hydrogen-bond acceptors (Lipinski definition) is 5. The lowest BCUT2D eigenvalue weighted by Gasteiger charge is -2.14. The van der Waals surface area contributed by atoms with Crippen LogP contribution in [0.2, 0.25) is 0 Å². The van der Waals surface area contributed by atoms with Crippen LogP contribution in [-0.4, -0.2) is 23.5 Å². The number of imidazole rings is 1. The van der Waals surface area contributed by atoms with Crippen molar-refractivity contribution in [3.63, 3.8) is 0 Å². The Morgan fingerprint density at radius 3 is 2.45 bits per heavy atom. The van der Waals surface area contributed by atoms with Gasteiger partial charge < -0.3 is 14.8 Å². The molecule has 29 heavy (non-hydrogen) atoms. The molecule has 0 aliphatic heterocycles. The molecule has 0 unspecified atom stereocenters. The second-order valence-corrected chi connectivity index (χ2v) is 7.57. The molecule has 2 aromatic carbocycles. The van der Waals surface area contributed by atoms with Gasteiger partial charge in [-0.25, -0.2) is 17.9 Å². The van der Waals surface area contributed by atoms with E-state index >= 15 is 0 Å². The number of hydrogen-bond donors (Lipinski definition) is 4. The molecule has 0 aliphatic rings. The number of H-pyrrole nitrogens is 2. The van der Waals surface area contributed by atoms with E-state index in [4.69, 9.17) is 4.74 Å². The Balaban J connectivity index is 1.82. The topological polar surface area (TPSA) is 124 Å². The molecule has 3 aromatic rings. The Bertz CT molecular complexity index is 1190. The van der Waals surface area contributed by atoms with Crippen LogP contribution in [0.4, 0.5) is 13.2 Å². The van der Waals surface area contributed by atoms with Crippen LogP contribution in [-0.2, 0) is 22.7 Å². The highest BCUT2D eigenvalue weighted by Gasteiger charge is 2.34. The Morgan fingerprint density at radius 1 is 1.07 bits per heavy atom. The van der Waals surface area contributed by atoms with Gasteiger partial charge in [-0.3, -0.25) is 4.98 Å². The minimum atomic E-state index is -4.64. The van der Waals surface area contributed by atoms with E-state index in [-0.39, 0.29) is 16.3 Å². The molecular weight excluding hydrogens is 415 g/mol. The van der Waals surface area contributed by atoms with Gasteiger partial charge in [0.05, 0.1) is 22.7 Å². The van der Waals surface area contributed by atoms with Gasteiger partial charge in [-0.1, -0.05) is 18.2 Å². The number of para-hydroxylation sites is 1. The first kappa shape index (κ1) is 20.5. The second kappa shape index (κ2) is 7.64. The zero-order valence-electron chi connectivity index (χ0n) is 14.4. The number of aromatic amines is 2. The number of aromatic hydroxyl groups is 1. The number of halogens is 3. The summed E-state index contributed by atoms with van der Waals surface area (Å²) < 4.78 is 71.5. The lowest BCUT2D eigenvalue weighted by molar-refractivity contribution is -0.138. The molecule has 1 heterocycles. The molecule has 0 saturated carbocycles. The lowest BCUT2D eigenvalue weighted by atomic mass is 10.2. The summed E-state index contributed by atoms with van der Waals surface area (Å²) in [5.41, 5.74) is -1.79. The Hall–Kier alpha value is -3.25. The summed E-state index contributed by atoms with van der Waals surface area (Å²) in [5, 5.41) is 9.47. The van der Waals surface area contributed by atoms with Crippen molar-refractivity contribution in [2.45, 2.75) is 17.6 Å². The van der Waals surface area contributed by atoms with Crippen LogP contribution in [0, 0.1) is 0 Å². The van der Waals surface area contributed by atoms with Crippen LogP contribution >= 0.6 is 0 Å². The number of alkyl halides is 3.